The Morgan fingerprint density at radius 1 is 1.17 bits per heavy atom. The van der Waals surface area contributed by atoms with E-state index in [0.717, 1.165) is 37.9 Å². The zero-order valence-electron chi connectivity index (χ0n) is 10.7. The first-order chi connectivity index (χ1) is 8.83. The maximum absolute atomic E-state index is 12.2. The SMILES string of the molecule is O=C(NC1CCNCC1)c1ccc2c(c1)CCC2. The molecule has 0 radical (unpaired) electrons. The second-order valence-corrected chi connectivity index (χ2v) is 5.33. The number of hydrogen-bond donors (Lipinski definition) is 2. The maximum Gasteiger partial charge on any atom is 0.251 e. The Morgan fingerprint density at radius 3 is 2.78 bits per heavy atom. The van der Waals surface area contributed by atoms with Crippen molar-refractivity contribution in [2.45, 2.75) is 38.1 Å². The number of carbonyl (C=O) groups excluding carboxylic acids is 1. The summed E-state index contributed by atoms with van der Waals surface area (Å²) in [5, 5.41) is 6.46. The largest absolute Gasteiger partial charge is 0.349 e. The lowest BCUT2D eigenvalue weighted by Gasteiger charge is -2.23. The van der Waals surface area contributed by atoms with Gasteiger partial charge in [-0.3, -0.25) is 4.79 Å². The number of fused-ring (bicyclic) bond motifs is 1. The van der Waals surface area contributed by atoms with Gasteiger partial charge in [0.2, 0.25) is 0 Å². The van der Waals surface area contributed by atoms with Crippen LogP contribution in [0.3, 0.4) is 0 Å². The Kier molecular flexibility index (Phi) is 3.33. The Bertz CT molecular complexity index is 450. The van der Waals surface area contributed by atoms with Crippen LogP contribution in [-0.4, -0.2) is 25.0 Å². The molecule has 1 heterocycles. The predicted octanol–water partition coefficient (Wildman–Crippen LogP) is 1.66. The molecule has 1 amide bonds. The number of hydrogen-bond acceptors (Lipinski definition) is 2. The molecule has 3 heteroatoms. The van der Waals surface area contributed by atoms with Crippen molar-refractivity contribution in [3.63, 3.8) is 0 Å². The van der Waals surface area contributed by atoms with Gasteiger partial charge in [-0.15, -0.1) is 0 Å². The second kappa shape index (κ2) is 5.11. The first kappa shape index (κ1) is 11.7. The molecule has 2 aliphatic rings. The van der Waals surface area contributed by atoms with Gasteiger partial charge < -0.3 is 10.6 Å². The molecule has 0 saturated carbocycles. The third-order valence-electron chi connectivity index (χ3n) is 4.04. The topological polar surface area (TPSA) is 41.1 Å². The van der Waals surface area contributed by atoms with Crippen LogP contribution in [0.4, 0.5) is 0 Å². The molecule has 0 bridgehead atoms. The van der Waals surface area contributed by atoms with Crippen molar-refractivity contribution in [1.29, 1.82) is 0 Å². The summed E-state index contributed by atoms with van der Waals surface area (Å²) in [5.41, 5.74) is 3.62. The molecule has 0 spiro atoms. The zero-order valence-corrected chi connectivity index (χ0v) is 10.7. The van der Waals surface area contributed by atoms with Crippen LogP contribution in [0.2, 0.25) is 0 Å². The summed E-state index contributed by atoms with van der Waals surface area (Å²) in [5.74, 6) is 0.0941. The standard InChI is InChI=1S/C15H20N2O/c18-15(17-14-6-8-16-9-7-14)13-5-4-11-2-1-3-12(11)10-13/h4-5,10,14,16H,1-3,6-9H2,(H,17,18). The number of carbonyl (C=O) groups is 1. The van der Waals surface area contributed by atoms with Gasteiger partial charge in [0.15, 0.2) is 0 Å². The average Bonchev–Trinajstić information content (AvgIpc) is 2.87. The van der Waals surface area contributed by atoms with Crippen LogP contribution < -0.4 is 10.6 Å². The van der Waals surface area contributed by atoms with E-state index in [-0.39, 0.29) is 5.91 Å². The molecule has 2 N–H and O–H groups in total. The fourth-order valence-electron chi connectivity index (χ4n) is 2.95. The van der Waals surface area contributed by atoms with Gasteiger partial charge in [-0.25, -0.2) is 0 Å². The van der Waals surface area contributed by atoms with E-state index in [0.29, 0.717) is 6.04 Å². The normalized spacial score (nSPS) is 19.6. The molecule has 0 atom stereocenters. The van der Waals surface area contributed by atoms with Gasteiger partial charge >= 0.3 is 0 Å². The summed E-state index contributed by atoms with van der Waals surface area (Å²) in [6, 6.07) is 6.52. The molecule has 1 aromatic carbocycles. The van der Waals surface area contributed by atoms with Gasteiger partial charge in [-0.2, -0.15) is 0 Å². The summed E-state index contributed by atoms with van der Waals surface area (Å²) < 4.78 is 0. The van der Waals surface area contributed by atoms with Crippen molar-refractivity contribution in [2.75, 3.05) is 13.1 Å². The smallest absolute Gasteiger partial charge is 0.251 e. The van der Waals surface area contributed by atoms with Crippen molar-refractivity contribution in [3.8, 4) is 0 Å². The Hall–Kier alpha value is -1.35. The van der Waals surface area contributed by atoms with E-state index in [4.69, 9.17) is 0 Å². The molecule has 96 valence electrons. The molecule has 1 aliphatic carbocycles. The van der Waals surface area contributed by atoms with Gasteiger partial charge in [0.1, 0.15) is 0 Å². The second-order valence-electron chi connectivity index (χ2n) is 5.33. The molecule has 18 heavy (non-hydrogen) atoms. The molecule has 1 aromatic rings. The first-order valence-electron chi connectivity index (χ1n) is 6.96. The van der Waals surface area contributed by atoms with E-state index in [1.807, 2.05) is 6.07 Å². The average molecular weight is 244 g/mol. The van der Waals surface area contributed by atoms with Crippen LogP contribution >= 0.6 is 0 Å². The van der Waals surface area contributed by atoms with E-state index in [1.165, 1.54) is 24.0 Å². The van der Waals surface area contributed by atoms with E-state index >= 15 is 0 Å². The number of nitrogens with one attached hydrogen (secondary N) is 2. The minimum atomic E-state index is 0.0941. The van der Waals surface area contributed by atoms with Gasteiger partial charge in [-0.05, 0) is 68.5 Å². The zero-order chi connectivity index (χ0) is 12.4. The minimum absolute atomic E-state index is 0.0941. The molecule has 1 fully saturated rings. The molecule has 3 rings (SSSR count). The fourth-order valence-corrected chi connectivity index (χ4v) is 2.95. The monoisotopic (exact) mass is 244 g/mol. The number of aryl methyl sites for hydroxylation is 2. The number of piperidine rings is 1. The van der Waals surface area contributed by atoms with Gasteiger partial charge in [0.05, 0.1) is 0 Å². The summed E-state index contributed by atoms with van der Waals surface area (Å²) in [6.07, 6.45) is 5.61. The van der Waals surface area contributed by atoms with Crippen molar-refractivity contribution in [1.82, 2.24) is 10.6 Å². The first-order valence-corrected chi connectivity index (χ1v) is 6.96. The van der Waals surface area contributed by atoms with Crippen molar-refractivity contribution in [3.05, 3.63) is 34.9 Å². The predicted molar refractivity (Wildman–Crippen MR) is 71.8 cm³/mol. The lowest BCUT2D eigenvalue weighted by molar-refractivity contribution is 0.0929. The highest BCUT2D eigenvalue weighted by Crippen LogP contribution is 2.22. The minimum Gasteiger partial charge on any atom is -0.349 e. The highest BCUT2D eigenvalue weighted by molar-refractivity contribution is 5.94. The van der Waals surface area contributed by atoms with Gasteiger partial charge in [-0.1, -0.05) is 6.07 Å². The highest BCUT2D eigenvalue weighted by Gasteiger charge is 2.18. The summed E-state index contributed by atoms with van der Waals surface area (Å²) in [4.78, 5) is 12.2. The lowest BCUT2D eigenvalue weighted by Crippen LogP contribution is -2.42. The Labute approximate surface area is 108 Å². The number of amides is 1. The third-order valence-corrected chi connectivity index (χ3v) is 4.04. The van der Waals surface area contributed by atoms with Crippen LogP contribution in [-0.2, 0) is 12.8 Å². The van der Waals surface area contributed by atoms with Crippen LogP contribution in [0, 0.1) is 0 Å². The molecular weight excluding hydrogens is 224 g/mol. The molecule has 0 unspecified atom stereocenters. The summed E-state index contributed by atoms with van der Waals surface area (Å²) in [7, 11) is 0. The quantitative estimate of drug-likeness (QED) is 0.830. The van der Waals surface area contributed by atoms with E-state index < -0.39 is 0 Å². The molecule has 3 nitrogen and oxygen atoms in total. The third kappa shape index (κ3) is 2.41. The van der Waals surface area contributed by atoms with Gasteiger partial charge in [0.25, 0.3) is 5.91 Å². The van der Waals surface area contributed by atoms with E-state index in [2.05, 4.69) is 22.8 Å². The van der Waals surface area contributed by atoms with Crippen LogP contribution in [0.5, 0.6) is 0 Å². The van der Waals surface area contributed by atoms with Crippen LogP contribution in [0.15, 0.2) is 18.2 Å². The molecule has 1 saturated heterocycles. The van der Waals surface area contributed by atoms with Crippen LogP contribution in [0.1, 0.15) is 40.7 Å². The summed E-state index contributed by atoms with van der Waals surface area (Å²) >= 11 is 0. The maximum atomic E-state index is 12.2. The van der Waals surface area contributed by atoms with Crippen LogP contribution in [0.25, 0.3) is 0 Å². The van der Waals surface area contributed by atoms with Gasteiger partial charge in [0, 0.05) is 11.6 Å². The highest BCUT2D eigenvalue weighted by atomic mass is 16.1. The lowest BCUT2D eigenvalue weighted by atomic mass is 10.0. The molecule has 0 aromatic heterocycles. The van der Waals surface area contributed by atoms with Crippen molar-refractivity contribution >= 4 is 5.91 Å². The molecular formula is C15H20N2O. The molecule has 1 aliphatic heterocycles. The van der Waals surface area contributed by atoms with E-state index in [9.17, 15) is 4.79 Å². The Morgan fingerprint density at radius 2 is 1.94 bits per heavy atom. The number of benzene rings is 1. The van der Waals surface area contributed by atoms with Crippen molar-refractivity contribution < 1.29 is 4.79 Å². The fraction of sp³-hybridized carbons (Fsp3) is 0.533. The summed E-state index contributed by atoms with van der Waals surface area (Å²) in [6.45, 7) is 2.02. The van der Waals surface area contributed by atoms with Crippen molar-refractivity contribution in [2.24, 2.45) is 0 Å². The Balaban J connectivity index is 1.68. The number of rotatable bonds is 2. The van der Waals surface area contributed by atoms with E-state index in [1.54, 1.807) is 0 Å².